The number of hydrogen-bond donors (Lipinski definition) is 1. The molecule has 0 bridgehead atoms. The third kappa shape index (κ3) is 6.78. The van der Waals surface area contributed by atoms with Crippen molar-refractivity contribution in [2.75, 3.05) is 63.2 Å². The molecule has 3 aromatic rings. The summed E-state index contributed by atoms with van der Waals surface area (Å²) >= 11 is 0. The lowest BCUT2D eigenvalue weighted by Crippen LogP contribution is -2.55. The SMILES string of the molecule is C[C@@H]1CN(c2cc(F)c(-c3cnn(CCN4CCOCC4)c3)cc2NC(=O)c2cn(C)c(=O)cc2C(F)F)C[C@H](C)N1C. The molecule has 2 aliphatic heterocycles. The van der Waals surface area contributed by atoms with E-state index in [0.29, 0.717) is 44.1 Å². The molecule has 1 aromatic carbocycles. The highest BCUT2D eigenvalue weighted by atomic mass is 19.3. The maximum absolute atomic E-state index is 15.8. The average molecular weight is 602 g/mol. The highest BCUT2D eigenvalue weighted by Crippen LogP contribution is 2.36. The summed E-state index contributed by atoms with van der Waals surface area (Å²) in [7, 11) is 3.42. The zero-order valence-corrected chi connectivity index (χ0v) is 24.9. The van der Waals surface area contributed by atoms with Crippen molar-refractivity contribution in [2.24, 2.45) is 7.05 Å². The quantitative estimate of drug-likeness (QED) is 0.424. The fourth-order valence-corrected chi connectivity index (χ4v) is 5.64. The molecular formula is C30H38F3N7O3. The molecule has 2 fully saturated rings. The van der Waals surface area contributed by atoms with Gasteiger partial charge in [0.2, 0.25) is 0 Å². The molecule has 10 nitrogen and oxygen atoms in total. The number of amides is 1. The van der Waals surface area contributed by atoms with Gasteiger partial charge in [0.05, 0.1) is 42.9 Å². The van der Waals surface area contributed by atoms with Crippen LogP contribution in [-0.4, -0.2) is 95.1 Å². The van der Waals surface area contributed by atoms with Crippen LogP contribution in [0, 0.1) is 5.82 Å². The van der Waals surface area contributed by atoms with Crippen molar-refractivity contribution in [3.05, 3.63) is 64.1 Å². The minimum Gasteiger partial charge on any atom is -0.379 e. The van der Waals surface area contributed by atoms with Gasteiger partial charge in [0.15, 0.2) is 0 Å². The van der Waals surface area contributed by atoms with E-state index in [1.54, 1.807) is 17.1 Å². The Labute approximate surface area is 248 Å². The molecule has 1 amide bonds. The van der Waals surface area contributed by atoms with Crippen LogP contribution in [0.5, 0.6) is 0 Å². The number of alkyl halides is 2. The van der Waals surface area contributed by atoms with Crippen LogP contribution in [0.4, 0.5) is 24.5 Å². The van der Waals surface area contributed by atoms with Gasteiger partial charge in [-0.3, -0.25) is 24.1 Å². The van der Waals surface area contributed by atoms with Crippen molar-refractivity contribution < 1.29 is 22.7 Å². The van der Waals surface area contributed by atoms with Gasteiger partial charge < -0.3 is 19.5 Å². The van der Waals surface area contributed by atoms with E-state index in [2.05, 4.69) is 34.1 Å². The molecule has 0 radical (unpaired) electrons. The van der Waals surface area contributed by atoms with Crippen molar-refractivity contribution in [3.8, 4) is 11.1 Å². The normalized spacial score (nSPS) is 20.1. The van der Waals surface area contributed by atoms with Gasteiger partial charge in [0.25, 0.3) is 17.9 Å². The number of benzene rings is 1. The van der Waals surface area contributed by atoms with E-state index >= 15 is 4.39 Å². The Hall–Kier alpha value is -3.68. The number of pyridine rings is 1. The number of carbonyl (C=O) groups excluding carboxylic acids is 1. The first-order valence-electron chi connectivity index (χ1n) is 14.4. The van der Waals surface area contributed by atoms with Crippen LogP contribution in [0.2, 0.25) is 0 Å². The number of carbonyl (C=O) groups is 1. The Bertz CT molecular complexity index is 1510. The highest BCUT2D eigenvalue weighted by molar-refractivity contribution is 6.07. The zero-order valence-electron chi connectivity index (χ0n) is 24.9. The van der Waals surface area contributed by atoms with Crippen LogP contribution in [0.1, 0.15) is 36.2 Å². The van der Waals surface area contributed by atoms with Gasteiger partial charge in [-0.2, -0.15) is 5.10 Å². The van der Waals surface area contributed by atoms with Crippen molar-refractivity contribution in [1.29, 1.82) is 0 Å². The van der Waals surface area contributed by atoms with Gasteiger partial charge in [0, 0.05) is 87.0 Å². The van der Waals surface area contributed by atoms with Crippen LogP contribution in [-0.2, 0) is 18.3 Å². The summed E-state index contributed by atoms with van der Waals surface area (Å²) in [4.78, 5) is 32.0. The molecular weight excluding hydrogens is 563 g/mol. The second-order valence-electron chi connectivity index (χ2n) is 11.4. The largest absolute Gasteiger partial charge is 0.379 e. The van der Waals surface area contributed by atoms with E-state index in [-0.39, 0.29) is 28.9 Å². The predicted molar refractivity (Wildman–Crippen MR) is 158 cm³/mol. The molecule has 13 heteroatoms. The topological polar surface area (TPSA) is 87.9 Å². The highest BCUT2D eigenvalue weighted by Gasteiger charge is 2.30. The molecule has 232 valence electrons. The first-order valence-corrected chi connectivity index (χ1v) is 14.4. The van der Waals surface area contributed by atoms with Gasteiger partial charge in [-0.05, 0) is 33.0 Å². The summed E-state index contributed by atoms with van der Waals surface area (Å²) in [5.74, 6) is -1.31. The maximum atomic E-state index is 15.8. The summed E-state index contributed by atoms with van der Waals surface area (Å²) in [5.41, 5.74) is -0.163. The van der Waals surface area contributed by atoms with Gasteiger partial charge in [-0.15, -0.1) is 0 Å². The number of nitrogens with one attached hydrogen (secondary N) is 1. The number of anilines is 2. The number of hydrogen-bond acceptors (Lipinski definition) is 7. The second-order valence-corrected chi connectivity index (χ2v) is 11.4. The Kier molecular flexibility index (Phi) is 9.23. The van der Waals surface area contributed by atoms with Crippen LogP contribution in [0.3, 0.4) is 0 Å². The third-order valence-electron chi connectivity index (χ3n) is 8.47. The van der Waals surface area contributed by atoms with Crippen molar-refractivity contribution in [2.45, 2.75) is 38.9 Å². The molecule has 2 aromatic heterocycles. The number of likely N-dealkylation sites (N-methyl/N-ethyl adjacent to an activating group) is 1. The minimum absolute atomic E-state index is 0.147. The van der Waals surface area contributed by atoms with Crippen LogP contribution < -0.4 is 15.8 Å². The molecule has 0 spiro atoms. The lowest BCUT2D eigenvalue weighted by molar-refractivity contribution is 0.0360. The van der Waals surface area contributed by atoms with E-state index in [4.69, 9.17) is 4.74 Å². The van der Waals surface area contributed by atoms with E-state index in [1.165, 1.54) is 19.2 Å². The fraction of sp³-hybridized carbons (Fsp3) is 0.500. The zero-order chi connectivity index (χ0) is 30.8. The standard InChI is InChI=1S/C30H38F3N7O3/c1-19-15-39(16-20(2)37(19)4)27-13-25(31)22(21-14-34-40(17-21)6-5-38-7-9-43-10-8-38)11-26(27)35-30(42)24-18-36(3)28(41)12-23(24)29(32)33/h11-14,17-20,29H,5-10,15-16H2,1-4H3,(H,35,42)/t19-,20+. The van der Waals surface area contributed by atoms with Gasteiger partial charge >= 0.3 is 0 Å². The van der Waals surface area contributed by atoms with E-state index in [1.807, 2.05) is 11.9 Å². The first kappa shape index (κ1) is 30.8. The molecule has 2 aliphatic rings. The van der Waals surface area contributed by atoms with Crippen molar-refractivity contribution >= 4 is 17.3 Å². The van der Waals surface area contributed by atoms with Crippen LogP contribution in [0.25, 0.3) is 11.1 Å². The summed E-state index contributed by atoms with van der Waals surface area (Å²) in [6.07, 6.45) is 1.40. The van der Waals surface area contributed by atoms with Crippen LogP contribution >= 0.6 is 0 Å². The molecule has 0 aliphatic carbocycles. The number of piperazine rings is 1. The summed E-state index contributed by atoms with van der Waals surface area (Å²) in [6, 6.07) is 3.98. The van der Waals surface area contributed by atoms with Gasteiger partial charge in [0.1, 0.15) is 5.82 Å². The number of aryl methyl sites for hydroxylation is 1. The minimum atomic E-state index is -3.03. The number of halogens is 3. The van der Waals surface area contributed by atoms with E-state index < -0.39 is 29.3 Å². The molecule has 5 rings (SSSR count). The Morgan fingerprint density at radius 3 is 2.44 bits per heavy atom. The summed E-state index contributed by atoms with van der Waals surface area (Å²) in [5, 5.41) is 7.18. The summed E-state index contributed by atoms with van der Waals surface area (Å²) in [6.45, 7) is 9.75. The molecule has 0 unspecified atom stereocenters. The Morgan fingerprint density at radius 2 is 1.77 bits per heavy atom. The molecule has 2 atom stereocenters. The molecule has 43 heavy (non-hydrogen) atoms. The number of ether oxygens (including phenoxy) is 1. The maximum Gasteiger partial charge on any atom is 0.264 e. The molecule has 1 N–H and O–H groups in total. The average Bonchev–Trinajstić information content (AvgIpc) is 3.45. The number of nitrogens with zero attached hydrogens (tertiary/aromatic N) is 6. The molecule has 0 saturated carbocycles. The van der Waals surface area contributed by atoms with Crippen molar-refractivity contribution in [3.63, 3.8) is 0 Å². The second kappa shape index (κ2) is 12.9. The smallest absolute Gasteiger partial charge is 0.264 e. The summed E-state index contributed by atoms with van der Waals surface area (Å²) < 4.78 is 51.7. The van der Waals surface area contributed by atoms with Gasteiger partial charge in [-0.1, -0.05) is 0 Å². The van der Waals surface area contributed by atoms with E-state index in [9.17, 15) is 18.4 Å². The number of rotatable bonds is 8. The Morgan fingerprint density at radius 1 is 1.07 bits per heavy atom. The lowest BCUT2D eigenvalue weighted by atomic mass is 10.0. The lowest BCUT2D eigenvalue weighted by Gasteiger charge is -2.44. The van der Waals surface area contributed by atoms with Crippen molar-refractivity contribution in [1.82, 2.24) is 24.1 Å². The monoisotopic (exact) mass is 601 g/mol. The first-order chi connectivity index (χ1) is 20.5. The fourth-order valence-electron chi connectivity index (χ4n) is 5.64. The van der Waals surface area contributed by atoms with E-state index in [0.717, 1.165) is 36.5 Å². The van der Waals surface area contributed by atoms with Gasteiger partial charge in [-0.25, -0.2) is 13.2 Å². The Balaban J connectivity index is 1.49. The van der Waals surface area contributed by atoms with Crippen LogP contribution in [0.15, 0.2) is 41.6 Å². The number of aromatic nitrogens is 3. The third-order valence-corrected chi connectivity index (χ3v) is 8.47. The molecule has 2 saturated heterocycles. The molecule has 4 heterocycles. The number of morpholine rings is 1. The predicted octanol–water partition coefficient (Wildman–Crippen LogP) is 3.44.